The first-order valence-electron chi connectivity index (χ1n) is 9.77. The number of carbonyl (C=O) groups excluding carboxylic acids is 1. The second kappa shape index (κ2) is 11.7. The van der Waals surface area contributed by atoms with Crippen LogP contribution in [0.25, 0.3) is 0 Å². The van der Waals surface area contributed by atoms with Gasteiger partial charge in [0.2, 0.25) is 5.13 Å². The van der Waals surface area contributed by atoms with Crippen molar-refractivity contribution in [2.75, 3.05) is 51.8 Å². The third-order valence-electron chi connectivity index (χ3n) is 4.65. The largest absolute Gasteiger partial charge is 0.469 e. The first-order chi connectivity index (χ1) is 13.2. The van der Waals surface area contributed by atoms with Crippen molar-refractivity contribution in [2.24, 2.45) is 4.99 Å². The van der Waals surface area contributed by atoms with Crippen LogP contribution in [-0.4, -0.2) is 73.1 Å². The van der Waals surface area contributed by atoms with E-state index >= 15 is 0 Å². The van der Waals surface area contributed by atoms with Gasteiger partial charge in [-0.2, -0.15) is 4.37 Å². The van der Waals surface area contributed by atoms with E-state index in [0.29, 0.717) is 6.42 Å². The number of aryl methyl sites for hydroxylation is 1. The average Bonchev–Trinajstić information content (AvgIpc) is 3.19. The number of ether oxygens (including phenoxy) is 1. The lowest BCUT2D eigenvalue weighted by molar-refractivity contribution is -0.140. The van der Waals surface area contributed by atoms with Gasteiger partial charge in [0, 0.05) is 64.1 Å². The molecule has 1 aromatic heterocycles. The van der Waals surface area contributed by atoms with Gasteiger partial charge in [0.1, 0.15) is 5.82 Å². The maximum Gasteiger partial charge on any atom is 0.305 e. The molecule has 8 nitrogen and oxygen atoms in total. The highest BCUT2D eigenvalue weighted by atomic mass is 32.1. The number of nitrogens with zero attached hydrogens (tertiary/aromatic N) is 5. The van der Waals surface area contributed by atoms with Crippen LogP contribution in [0.2, 0.25) is 0 Å². The predicted octanol–water partition coefficient (Wildman–Crippen LogP) is 1.92. The highest BCUT2D eigenvalue weighted by Gasteiger charge is 2.21. The van der Waals surface area contributed by atoms with E-state index in [4.69, 9.17) is 0 Å². The molecule has 0 spiro atoms. The molecule has 27 heavy (non-hydrogen) atoms. The lowest BCUT2D eigenvalue weighted by atomic mass is 10.1. The summed E-state index contributed by atoms with van der Waals surface area (Å²) in [5.74, 6) is 1.78. The van der Waals surface area contributed by atoms with Gasteiger partial charge in [-0.3, -0.25) is 9.79 Å². The molecule has 0 saturated carbocycles. The molecule has 0 bridgehead atoms. The summed E-state index contributed by atoms with van der Waals surface area (Å²) in [6, 6.07) is 0. The smallest absolute Gasteiger partial charge is 0.305 e. The minimum absolute atomic E-state index is 0.118. The van der Waals surface area contributed by atoms with E-state index in [0.717, 1.165) is 81.7 Å². The Balaban J connectivity index is 1.63. The van der Waals surface area contributed by atoms with Gasteiger partial charge in [0.25, 0.3) is 0 Å². The Hall–Kier alpha value is -1.90. The fourth-order valence-corrected chi connectivity index (χ4v) is 3.81. The van der Waals surface area contributed by atoms with Crippen LogP contribution in [-0.2, 0) is 16.0 Å². The number of carbonyl (C=O) groups is 1. The molecule has 0 aliphatic carbocycles. The van der Waals surface area contributed by atoms with Gasteiger partial charge in [0.15, 0.2) is 5.96 Å². The van der Waals surface area contributed by atoms with Crippen molar-refractivity contribution in [3.63, 3.8) is 0 Å². The van der Waals surface area contributed by atoms with Crippen LogP contribution in [0.1, 0.15) is 44.9 Å². The van der Waals surface area contributed by atoms with Gasteiger partial charge in [-0.1, -0.05) is 19.8 Å². The fraction of sp³-hybridized carbons (Fsp3) is 0.778. The van der Waals surface area contributed by atoms with Crippen molar-refractivity contribution in [3.05, 3.63) is 5.82 Å². The topological polar surface area (TPSA) is 83.0 Å². The first-order valence-corrected chi connectivity index (χ1v) is 10.5. The van der Waals surface area contributed by atoms with E-state index in [1.807, 2.05) is 7.05 Å². The molecule has 1 aliphatic heterocycles. The molecule has 0 unspecified atom stereocenters. The monoisotopic (exact) mass is 396 g/mol. The number of nitrogens with one attached hydrogen (secondary N) is 1. The summed E-state index contributed by atoms with van der Waals surface area (Å²) in [6.45, 7) is 6.72. The number of aliphatic imine (C=N–C) groups is 1. The molecule has 9 heteroatoms. The van der Waals surface area contributed by atoms with Crippen LogP contribution in [0, 0.1) is 0 Å². The maximum absolute atomic E-state index is 11.1. The summed E-state index contributed by atoms with van der Waals surface area (Å²) >= 11 is 1.49. The molecule has 1 aliphatic rings. The van der Waals surface area contributed by atoms with E-state index in [2.05, 4.69) is 41.1 Å². The van der Waals surface area contributed by atoms with Gasteiger partial charge in [-0.25, -0.2) is 4.98 Å². The number of methoxy groups -OCH3 is 1. The number of unbranched alkanes of at least 4 members (excludes halogenated alkanes) is 3. The van der Waals surface area contributed by atoms with E-state index in [-0.39, 0.29) is 5.97 Å². The van der Waals surface area contributed by atoms with Crippen molar-refractivity contribution >= 4 is 28.6 Å². The van der Waals surface area contributed by atoms with E-state index in [9.17, 15) is 4.79 Å². The number of rotatable bonds is 9. The van der Waals surface area contributed by atoms with Gasteiger partial charge < -0.3 is 19.9 Å². The zero-order chi connectivity index (χ0) is 19.5. The quantitative estimate of drug-likeness (QED) is 0.295. The summed E-state index contributed by atoms with van der Waals surface area (Å²) < 4.78 is 9.03. The van der Waals surface area contributed by atoms with E-state index < -0.39 is 0 Å². The fourth-order valence-electron chi connectivity index (χ4n) is 3.01. The van der Waals surface area contributed by atoms with Crippen molar-refractivity contribution in [2.45, 2.75) is 45.4 Å². The molecule has 2 rings (SSSR count). The second-order valence-corrected chi connectivity index (χ2v) is 7.27. The molecule has 1 N–H and O–H groups in total. The Bertz CT molecular complexity index is 598. The Kier molecular flexibility index (Phi) is 9.30. The average molecular weight is 397 g/mol. The third kappa shape index (κ3) is 6.97. The van der Waals surface area contributed by atoms with Crippen LogP contribution in [0.4, 0.5) is 5.13 Å². The van der Waals surface area contributed by atoms with Crippen LogP contribution in [0.3, 0.4) is 0 Å². The summed E-state index contributed by atoms with van der Waals surface area (Å²) in [6.07, 6.45) is 5.53. The molecule has 2 heterocycles. The van der Waals surface area contributed by atoms with Gasteiger partial charge >= 0.3 is 5.97 Å². The predicted molar refractivity (Wildman–Crippen MR) is 110 cm³/mol. The van der Waals surface area contributed by atoms with Crippen molar-refractivity contribution in [3.8, 4) is 0 Å². The summed E-state index contributed by atoms with van der Waals surface area (Å²) in [4.78, 5) is 24.7. The molecule has 0 radical (unpaired) electrons. The molecule has 0 atom stereocenters. The molecular formula is C18H32N6O2S. The van der Waals surface area contributed by atoms with Crippen LogP contribution in [0.15, 0.2) is 4.99 Å². The van der Waals surface area contributed by atoms with Crippen LogP contribution in [0.5, 0.6) is 0 Å². The SMILES string of the molecule is CCc1nsc(N2CCN(C(=NC)NCCCCCCC(=O)OC)CC2)n1. The van der Waals surface area contributed by atoms with Crippen LogP contribution < -0.4 is 10.2 Å². The minimum Gasteiger partial charge on any atom is -0.469 e. The van der Waals surface area contributed by atoms with Crippen molar-refractivity contribution in [1.29, 1.82) is 0 Å². The third-order valence-corrected chi connectivity index (χ3v) is 5.47. The zero-order valence-electron chi connectivity index (χ0n) is 16.7. The lowest BCUT2D eigenvalue weighted by Crippen LogP contribution is -2.52. The Morgan fingerprint density at radius 2 is 1.96 bits per heavy atom. The summed E-state index contributed by atoms with van der Waals surface area (Å²) in [5.41, 5.74) is 0. The number of anilines is 1. The number of hydrogen-bond acceptors (Lipinski definition) is 7. The van der Waals surface area contributed by atoms with E-state index in [1.165, 1.54) is 18.6 Å². The number of esters is 1. The molecular weight excluding hydrogens is 364 g/mol. The van der Waals surface area contributed by atoms with Gasteiger partial charge in [-0.05, 0) is 12.8 Å². The summed E-state index contributed by atoms with van der Waals surface area (Å²) in [7, 11) is 3.28. The number of hydrogen-bond donors (Lipinski definition) is 1. The molecule has 1 saturated heterocycles. The second-order valence-electron chi connectivity index (χ2n) is 6.54. The molecule has 1 fully saturated rings. The first kappa shape index (κ1) is 21.4. The standard InChI is InChI=1S/C18H32N6O2S/c1-4-15-21-18(27-22-15)24-13-11-23(12-14-24)17(19-2)20-10-8-6-5-7-9-16(25)26-3/h4-14H2,1-3H3,(H,19,20). The molecule has 0 aromatic carbocycles. The Morgan fingerprint density at radius 3 is 2.59 bits per heavy atom. The molecule has 1 aromatic rings. The van der Waals surface area contributed by atoms with Crippen molar-refractivity contribution in [1.82, 2.24) is 19.6 Å². The number of piperazine rings is 1. The molecule has 0 amide bonds. The number of aromatic nitrogens is 2. The van der Waals surface area contributed by atoms with Crippen LogP contribution >= 0.6 is 11.5 Å². The number of guanidine groups is 1. The van der Waals surface area contributed by atoms with Gasteiger partial charge in [-0.15, -0.1) is 0 Å². The van der Waals surface area contributed by atoms with E-state index in [1.54, 1.807) is 0 Å². The summed E-state index contributed by atoms with van der Waals surface area (Å²) in [5, 5.41) is 4.49. The molecule has 152 valence electrons. The maximum atomic E-state index is 11.1. The Labute approximate surface area is 166 Å². The highest BCUT2D eigenvalue weighted by Crippen LogP contribution is 2.19. The zero-order valence-corrected chi connectivity index (χ0v) is 17.6. The lowest BCUT2D eigenvalue weighted by Gasteiger charge is -2.36. The minimum atomic E-state index is -0.118. The Morgan fingerprint density at radius 1 is 1.22 bits per heavy atom. The normalized spacial score (nSPS) is 15.1. The van der Waals surface area contributed by atoms with Crippen molar-refractivity contribution < 1.29 is 9.53 Å². The highest BCUT2D eigenvalue weighted by molar-refractivity contribution is 7.09. The van der Waals surface area contributed by atoms with Gasteiger partial charge in [0.05, 0.1) is 7.11 Å².